The molecule has 0 saturated heterocycles. The van der Waals surface area contributed by atoms with Gasteiger partial charge in [-0.3, -0.25) is 9.59 Å². The van der Waals surface area contributed by atoms with E-state index in [4.69, 9.17) is 4.42 Å². The van der Waals surface area contributed by atoms with Gasteiger partial charge in [-0.1, -0.05) is 12.1 Å². The molecule has 1 heterocycles. The van der Waals surface area contributed by atoms with Crippen molar-refractivity contribution in [2.75, 3.05) is 11.9 Å². The third-order valence-corrected chi connectivity index (χ3v) is 3.22. The molecule has 2 rings (SSSR count). The SMILES string of the molecule is O=C(CCNC(=O)c1ccco1)Nc1ccccc1Br. The number of amides is 2. The predicted molar refractivity (Wildman–Crippen MR) is 78.4 cm³/mol. The monoisotopic (exact) mass is 336 g/mol. The number of hydrogen-bond donors (Lipinski definition) is 2. The number of halogens is 1. The summed E-state index contributed by atoms with van der Waals surface area (Å²) >= 11 is 3.35. The molecule has 2 N–H and O–H groups in total. The Hall–Kier alpha value is -2.08. The van der Waals surface area contributed by atoms with Crippen molar-refractivity contribution in [1.82, 2.24) is 5.32 Å². The van der Waals surface area contributed by atoms with Crippen LogP contribution in [0.2, 0.25) is 0 Å². The first-order valence-corrected chi connectivity index (χ1v) is 6.82. The van der Waals surface area contributed by atoms with Crippen molar-refractivity contribution >= 4 is 33.4 Å². The minimum Gasteiger partial charge on any atom is -0.459 e. The molecule has 0 radical (unpaired) electrons. The van der Waals surface area contributed by atoms with Gasteiger partial charge in [0, 0.05) is 17.4 Å². The second-order valence-corrected chi connectivity index (χ2v) is 4.87. The fourth-order valence-corrected chi connectivity index (χ4v) is 1.94. The van der Waals surface area contributed by atoms with Crippen molar-refractivity contribution in [2.24, 2.45) is 0 Å². The Morgan fingerprint density at radius 3 is 2.65 bits per heavy atom. The molecule has 1 aromatic heterocycles. The number of furan rings is 1. The van der Waals surface area contributed by atoms with Crippen LogP contribution in [-0.2, 0) is 4.79 Å². The number of para-hydroxylation sites is 1. The number of anilines is 1. The van der Waals surface area contributed by atoms with E-state index in [1.54, 1.807) is 18.2 Å². The van der Waals surface area contributed by atoms with Gasteiger partial charge in [0.2, 0.25) is 5.91 Å². The second kappa shape index (κ2) is 6.91. The maximum atomic E-state index is 11.7. The highest BCUT2D eigenvalue weighted by atomic mass is 79.9. The van der Waals surface area contributed by atoms with E-state index in [1.807, 2.05) is 18.2 Å². The summed E-state index contributed by atoms with van der Waals surface area (Å²) < 4.78 is 5.76. The van der Waals surface area contributed by atoms with Crippen LogP contribution in [0.15, 0.2) is 51.6 Å². The number of hydrogen-bond acceptors (Lipinski definition) is 3. The summed E-state index contributed by atoms with van der Waals surface area (Å²) in [4.78, 5) is 23.3. The normalized spacial score (nSPS) is 10.1. The number of carbonyl (C=O) groups is 2. The molecular weight excluding hydrogens is 324 g/mol. The zero-order valence-electron chi connectivity index (χ0n) is 10.6. The average molecular weight is 337 g/mol. The molecule has 0 aliphatic rings. The lowest BCUT2D eigenvalue weighted by molar-refractivity contribution is -0.116. The number of benzene rings is 1. The lowest BCUT2D eigenvalue weighted by Gasteiger charge is -2.07. The van der Waals surface area contributed by atoms with E-state index in [2.05, 4.69) is 26.6 Å². The molecule has 2 aromatic rings. The molecule has 1 aromatic carbocycles. The predicted octanol–water partition coefficient (Wildman–Crippen LogP) is 2.80. The van der Waals surface area contributed by atoms with Gasteiger partial charge in [0.15, 0.2) is 5.76 Å². The van der Waals surface area contributed by atoms with E-state index >= 15 is 0 Å². The lowest BCUT2D eigenvalue weighted by Crippen LogP contribution is -2.27. The van der Waals surface area contributed by atoms with Gasteiger partial charge < -0.3 is 15.1 Å². The van der Waals surface area contributed by atoms with Gasteiger partial charge in [-0.2, -0.15) is 0 Å². The third kappa shape index (κ3) is 3.96. The van der Waals surface area contributed by atoms with Crippen molar-refractivity contribution < 1.29 is 14.0 Å². The van der Waals surface area contributed by atoms with Crippen LogP contribution in [-0.4, -0.2) is 18.4 Å². The van der Waals surface area contributed by atoms with Crippen LogP contribution in [0.4, 0.5) is 5.69 Å². The Morgan fingerprint density at radius 2 is 1.95 bits per heavy atom. The standard InChI is InChI=1S/C14H13BrN2O3/c15-10-4-1-2-5-11(10)17-13(18)7-8-16-14(19)12-6-3-9-20-12/h1-6,9H,7-8H2,(H,16,19)(H,17,18). The van der Waals surface area contributed by atoms with Crippen molar-refractivity contribution in [2.45, 2.75) is 6.42 Å². The molecular formula is C14H13BrN2O3. The van der Waals surface area contributed by atoms with E-state index in [9.17, 15) is 9.59 Å². The van der Waals surface area contributed by atoms with Gasteiger partial charge in [-0.25, -0.2) is 0 Å². The summed E-state index contributed by atoms with van der Waals surface area (Å²) in [5.74, 6) is -0.267. The second-order valence-electron chi connectivity index (χ2n) is 4.01. The topological polar surface area (TPSA) is 71.3 Å². The minimum absolute atomic E-state index is 0.170. The van der Waals surface area contributed by atoms with E-state index in [0.717, 1.165) is 4.47 Å². The highest BCUT2D eigenvalue weighted by Gasteiger charge is 2.09. The first-order chi connectivity index (χ1) is 9.66. The number of rotatable bonds is 5. The van der Waals surface area contributed by atoms with E-state index in [-0.39, 0.29) is 30.5 Å². The zero-order valence-corrected chi connectivity index (χ0v) is 12.1. The van der Waals surface area contributed by atoms with Crippen LogP contribution in [0.25, 0.3) is 0 Å². The van der Waals surface area contributed by atoms with Crippen molar-refractivity contribution in [3.05, 3.63) is 52.9 Å². The molecule has 0 saturated carbocycles. The van der Waals surface area contributed by atoms with Crippen LogP contribution in [0.1, 0.15) is 17.0 Å². The Morgan fingerprint density at radius 1 is 1.15 bits per heavy atom. The van der Waals surface area contributed by atoms with Crippen LogP contribution in [0.3, 0.4) is 0 Å². The average Bonchev–Trinajstić information content (AvgIpc) is 2.95. The van der Waals surface area contributed by atoms with Crippen molar-refractivity contribution in [3.63, 3.8) is 0 Å². The van der Waals surface area contributed by atoms with Crippen LogP contribution in [0, 0.1) is 0 Å². The summed E-state index contributed by atoms with van der Waals surface area (Å²) in [5.41, 5.74) is 0.704. The highest BCUT2D eigenvalue weighted by molar-refractivity contribution is 9.10. The van der Waals surface area contributed by atoms with Gasteiger partial charge in [0.05, 0.1) is 12.0 Å². The molecule has 0 aliphatic heterocycles. The van der Waals surface area contributed by atoms with Crippen molar-refractivity contribution in [1.29, 1.82) is 0 Å². The number of carbonyl (C=O) groups excluding carboxylic acids is 2. The molecule has 20 heavy (non-hydrogen) atoms. The van der Waals surface area contributed by atoms with Crippen LogP contribution < -0.4 is 10.6 Å². The first-order valence-electron chi connectivity index (χ1n) is 6.03. The summed E-state index contributed by atoms with van der Waals surface area (Å²) in [5, 5.41) is 5.37. The Labute approximate surface area is 124 Å². The Kier molecular flexibility index (Phi) is 4.95. The van der Waals surface area contributed by atoms with Gasteiger partial charge >= 0.3 is 0 Å². The minimum atomic E-state index is -0.330. The van der Waals surface area contributed by atoms with Crippen LogP contribution in [0.5, 0.6) is 0 Å². The van der Waals surface area contributed by atoms with E-state index < -0.39 is 0 Å². The summed E-state index contributed by atoms with van der Waals surface area (Å²) in [6.07, 6.45) is 1.61. The van der Waals surface area contributed by atoms with Gasteiger partial charge in [0.25, 0.3) is 5.91 Å². The molecule has 5 nitrogen and oxygen atoms in total. The van der Waals surface area contributed by atoms with Crippen molar-refractivity contribution in [3.8, 4) is 0 Å². The maximum Gasteiger partial charge on any atom is 0.286 e. The first kappa shape index (κ1) is 14.3. The van der Waals surface area contributed by atoms with Gasteiger partial charge in [0.1, 0.15) is 0 Å². The van der Waals surface area contributed by atoms with E-state index in [1.165, 1.54) is 6.26 Å². The third-order valence-electron chi connectivity index (χ3n) is 2.53. The molecule has 0 bridgehead atoms. The fraction of sp³-hybridized carbons (Fsp3) is 0.143. The molecule has 0 fully saturated rings. The summed E-state index contributed by atoms with van der Waals surface area (Å²) in [7, 11) is 0. The zero-order chi connectivity index (χ0) is 14.4. The fourth-order valence-electron chi connectivity index (χ4n) is 1.56. The summed E-state index contributed by atoms with van der Waals surface area (Å²) in [6.45, 7) is 0.246. The van der Waals surface area contributed by atoms with E-state index in [0.29, 0.717) is 5.69 Å². The van der Waals surface area contributed by atoms with Gasteiger partial charge in [-0.05, 0) is 40.2 Å². The molecule has 2 amide bonds. The Balaban J connectivity index is 1.76. The largest absolute Gasteiger partial charge is 0.459 e. The number of nitrogens with one attached hydrogen (secondary N) is 2. The molecule has 0 aliphatic carbocycles. The molecule has 104 valence electrons. The molecule has 0 spiro atoms. The summed E-state index contributed by atoms with van der Waals surface area (Å²) in [6, 6.07) is 10.5. The smallest absolute Gasteiger partial charge is 0.286 e. The molecule has 6 heteroatoms. The maximum absolute atomic E-state index is 11.7. The van der Waals surface area contributed by atoms with Gasteiger partial charge in [-0.15, -0.1) is 0 Å². The Bertz CT molecular complexity index is 596. The quantitative estimate of drug-likeness (QED) is 0.881. The molecule has 0 atom stereocenters. The molecule has 0 unspecified atom stereocenters. The lowest BCUT2D eigenvalue weighted by atomic mass is 10.3. The van der Waals surface area contributed by atoms with Crippen LogP contribution >= 0.6 is 15.9 Å². The highest BCUT2D eigenvalue weighted by Crippen LogP contribution is 2.21.